The number of hydrogen-bond donors (Lipinski definition) is 0. The highest BCUT2D eigenvalue weighted by atomic mass is 35.7. The second kappa shape index (κ2) is 6.03. The standard InChI is InChI=1S/C11H12ClNO5S/c1-3-4-5-18-11-8(2)6-9(13(14)15)7-10(11)19(12,16)17/h3,6-7H,1,4-5H2,2H3. The molecule has 0 heterocycles. The summed E-state index contributed by atoms with van der Waals surface area (Å²) in [5.74, 6) is 0.0300. The monoisotopic (exact) mass is 305 g/mol. The lowest BCUT2D eigenvalue weighted by Crippen LogP contribution is -2.04. The maximum Gasteiger partial charge on any atom is 0.271 e. The van der Waals surface area contributed by atoms with Crippen molar-refractivity contribution in [2.75, 3.05) is 6.61 Å². The van der Waals surface area contributed by atoms with Crippen molar-refractivity contribution in [3.63, 3.8) is 0 Å². The number of halogens is 1. The highest BCUT2D eigenvalue weighted by Gasteiger charge is 2.23. The van der Waals surface area contributed by atoms with Gasteiger partial charge in [-0.2, -0.15) is 0 Å². The van der Waals surface area contributed by atoms with Crippen molar-refractivity contribution >= 4 is 25.4 Å². The highest BCUT2D eigenvalue weighted by molar-refractivity contribution is 8.13. The molecule has 0 saturated carbocycles. The number of hydrogen-bond acceptors (Lipinski definition) is 5. The molecule has 19 heavy (non-hydrogen) atoms. The Morgan fingerprint density at radius 3 is 2.63 bits per heavy atom. The number of non-ortho nitro benzene ring substituents is 1. The zero-order valence-corrected chi connectivity index (χ0v) is 11.7. The molecule has 1 aromatic carbocycles. The van der Waals surface area contributed by atoms with E-state index in [2.05, 4.69) is 6.58 Å². The van der Waals surface area contributed by atoms with Crippen molar-refractivity contribution in [3.05, 3.63) is 40.5 Å². The fraction of sp³-hybridized carbons (Fsp3) is 0.273. The first-order valence-corrected chi connectivity index (χ1v) is 7.55. The third-order valence-electron chi connectivity index (χ3n) is 2.27. The van der Waals surface area contributed by atoms with Crippen LogP contribution in [-0.2, 0) is 9.05 Å². The van der Waals surface area contributed by atoms with Gasteiger partial charge in [-0.05, 0) is 18.9 Å². The molecule has 0 spiro atoms. The number of rotatable bonds is 6. The van der Waals surface area contributed by atoms with Crippen LogP contribution in [0, 0.1) is 17.0 Å². The van der Waals surface area contributed by atoms with E-state index in [0.717, 1.165) is 6.07 Å². The maximum atomic E-state index is 11.5. The van der Waals surface area contributed by atoms with Crippen molar-refractivity contribution in [1.82, 2.24) is 0 Å². The molecule has 6 nitrogen and oxygen atoms in total. The van der Waals surface area contributed by atoms with E-state index in [1.807, 2.05) is 0 Å². The molecule has 0 aliphatic carbocycles. The molecule has 0 amide bonds. The quantitative estimate of drug-likeness (QED) is 0.265. The van der Waals surface area contributed by atoms with Gasteiger partial charge >= 0.3 is 0 Å². The van der Waals surface area contributed by atoms with E-state index in [1.165, 1.54) is 13.0 Å². The summed E-state index contributed by atoms with van der Waals surface area (Å²) >= 11 is 0. The minimum Gasteiger partial charge on any atom is -0.492 e. The second-order valence-electron chi connectivity index (χ2n) is 3.71. The summed E-state index contributed by atoms with van der Waals surface area (Å²) in [7, 11) is 1.14. The van der Waals surface area contributed by atoms with E-state index in [0.29, 0.717) is 12.0 Å². The van der Waals surface area contributed by atoms with Crippen LogP contribution in [0.4, 0.5) is 5.69 Å². The lowest BCUT2D eigenvalue weighted by Gasteiger charge is -2.11. The molecule has 0 aromatic heterocycles. The van der Waals surface area contributed by atoms with Crippen LogP contribution in [-0.4, -0.2) is 19.9 Å². The van der Waals surface area contributed by atoms with E-state index in [1.54, 1.807) is 6.08 Å². The Morgan fingerprint density at radius 2 is 2.16 bits per heavy atom. The average Bonchev–Trinajstić information content (AvgIpc) is 2.29. The number of nitro benzene ring substituents is 1. The Morgan fingerprint density at radius 1 is 1.53 bits per heavy atom. The average molecular weight is 306 g/mol. The van der Waals surface area contributed by atoms with E-state index >= 15 is 0 Å². The molecule has 1 rings (SSSR count). The Hall–Kier alpha value is -1.60. The van der Waals surface area contributed by atoms with E-state index in [4.69, 9.17) is 15.4 Å². The molecular weight excluding hydrogens is 294 g/mol. The normalized spacial score (nSPS) is 11.1. The van der Waals surface area contributed by atoms with Crippen LogP contribution in [0.15, 0.2) is 29.7 Å². The van der Waals surface area contributed by atoms with Gasteiger partial charge in [-0.1, -0.05) is 6.08 Å². The van der Waals surface area contributed by atoms with Gasteiger partial charge in [-0.3, -0.25) is 10.1 Å². The van der Waals surface area contributed by atoms with Crippen molar-refractivity contribution in [2.24, 2.45) is 0 Å². The van der Waals surface area contributed by atoms with Gasteiger partial charge < -0.3 is 4.74 Å². The first kappa shape index (κ1) is 15.5. The van der Waals surface area contributed by atoms with Gasteiger partial charge in [-0.15, -0.1) is 6.58 Å². The van der Waals surface area contributed by atoms with Crippen molar-refractivity contribution < 1.29 is 18.1 Å². The highest BCUT2D eigenvalue weighted by Crippen LogP contribution is 2.34. The largest absolute Gasteiger partial charge is 0.492 e. The first-order valence-electron chi connectivity index (χ1n) is 5.24. The molecule has 0 radical (unpaired) electrons. The summed E-state index contributed by atoms with van der Waals surface area (Å²) < 4.78 is 28.2. The predicted octanol–water partition coefficient (Wildman–Crippen LogP) is 2.79. The Bertz CT molecular complexity index is 612. The van der Waals surface area contributed by atoms with Crippen LogP contribution >= 0.6 is 10.7 Å². The SMILES string of the molecule is C=CCCOc1c(C)cc([N+](=O)[O-])cc1S(=O)(=O)Cl. The van der Waals surface area contributed by atoms with Crippen LogP contribution < -0.4 is 4.74 Å². The number of ether oxygens (including phenoxy) is 1. The molecule has 0 bridgehead atoms. The van der Waals surface area contributed by atoms with Crippen LogP contribution in [0.5, 0.6) is 5.75 Å². The summed E-state index contributed by atoms with van der Waals surface area (Å²) in [5.41, 5.74) is -0.0229. The fourth-order valence-electron chi connectivity index (χ4n) is 1.44. The molecule has 8 heteroatoms. The third kappa shape index (κ3) is 3.93. The van der Waals surface area contributed by atoms with Gasteiger partial charge in [0, 0.05) is 22.8 Å². The topological polar surface area (TPSA) is 86.5 Å². The minimum atomic E-state index is -4.13. The molecule has 0 aliphatic heterocycles. The Balaban J connectivity index is 3.35. The Labute approximate surface area is 115 Å². The fourth-order valence-corrected chi connectivity index (χ4v) is 2.49. The van der Waals surface area contributed by atoms with E-state index in [-0.39, 0.29) is 18.0 Å². The molecule has 0 saturated heterocycles. The van der Waals surface area contributed by atoms with Crippen molar-refractivity contribution in [3.8, 4) is 5.75 Å². The molecule has 104 valence electrons. The van der Waals surface area contributed by atoms with Gasteiger partial charge in [0.05, 0.1) is 11.5 Å². The van der Waals surface area contributed by atoms with Gasteiger partial charge in [0.1, 0.15) is 10.6 Å². The molecule has 0 atom stereocenters. The number of nitro groups is 1. The first-order chi connectivity index (χ1) is 8.77. The van der Waals surface area contributed by atoms with Gasteiger partial charge in [0.25, 0.3) is 14.7 Å². The summed E-state index contributed by atoms with van der Waals surface area (Å²) in [6.07, 6.45) is 2.12. The Kier molecular flexibility index (Phi) is 4.90. The molecule has 1 aromatic rings. The predicted molar refractivity (Wildman–Crippen MR) is 71.2 cm³/mol. The summed E-state index contributed by atoms with van der Waals surface area (Å²) in [6, 6.07) is 2.12. The molecule has 0 fully saturated rings. The van der Waals surface area contributed by atoms with Crippen molar-refractivity contribution in [1.29, 1.82) is 0 Å². The zero-order chi connectivity index (χ0) is 14.6. The lowest BCUT2D eigenvalue weighted by atomic mass is 10.2. The van der Waals surface area contributed by atoms with Gasteiger partial charge in [0.15, 0.2) is 0 Å². The van der Waals surface area contributed by atoms with E-state index < -0.39 is 18.9 Å². The van der Waals surface area contributed by atoms with Gasteiger partial charge in [-0.25, -0.2) is 8.42 Å². The van der Waals surface area contributed by atoms with Crippen LogP contribution in [0.1, 0.15) is 12.0 Å². The third-order valence-corrected chi connectivity index (χ3v) is 3.59. The molecule has 0 aliphatic rings. The lowest BCUT2D eigenvalue weighted by molar-refractivity contribution is -0.385. The zero-order valence-electron chi connectivity index (χ0n) is 10.1. The van der Waals surface area contributed by atoms with Crippen LogP contribution in [0.25, 0.3) is 0 Å². The summed E-state index contributed by atoms with van der Waals surface area (Å²) in [4.78, 5) is 9.63. The maximum absolute atomic E-state index is 11.5. The second-order valence-corrected chi connectivity index (χ2v) is 6.25. The number of aryl methyl sites for hydroxylation is 1. The molecule has 0 unspecified atom stereocenters. The summed E-state index contributed by atoms with van der Waals surface area (Å²) in [6.45, 7) is 5.23. The van der Waals surface area contributed by atoms with E-state index in [9.17, 15) is 18.5 Å². The minimum absolute atomic E-state index is 0.0300. The molecule has 0 N–H and O–H groups in total. The summed E-state index contributed by atoms with van der Waals surface area (Å²) in [5, 5.41) is 10.7. The smallest absolute Gasteiger partial charge is 0.271 e. The van der Waals surface area contributed by atoms with Gasteiger partial charge in [0.2, 0.25) is 0 Å². The number of nitrogens with zero attached hydrogens (tertiary/aromatic N) is 1. The van der Waals surface area contributed by atoms with Crippen LogP contribution in [0.2, 0.25) is 0 Å². The molecular formula is C11H12ClNO5S. The van der Waals surface area contributed by atoms with Crippen LogP contribution in [0.3, 0.4) is 0 Å². The number of benzene rings is 1. The van der Waals surface area contributed by atoms with Crippen molar-refractivity contribution in [2.45, 2.75) is 18.2 Å².